The van der Waals surface area contributed by atoms with Crippen molar-refractivity contribution in [3.63, 3.8) is 0 Å². The third kappa shape index (κ3) is 3.77. The highest BCUT2D eigenvalue weighted by Crippen LogP contribution is 2.40. The summed E-state index contributed by atoms with van der Waals surface area (Å²) in [7, 11) is 1.44. The first-order chi connectivity index (χ1) is 14.5. The Morgan fingerprint density at radius 2 is 2.03 bits per heavy atom. The number of carboxylic acid groups (broad SMARTS) is 1. The predicted octanol–water partition coefficient (Wildman–Crippen LogP) is 2.94. The van der Waals surface area contributed by atoms with E-state index in [2.05, 4.69) is 0 Å². The molecule has 30 heavy (non-hydrogen) atoms. The molecule has 1 fully saturated rings. The van der Waals surface area contributed by atoms with Gasteiger partial charge in [-0.3, -0.25) is 15.1 Å². The number of methoxy groups -OCH3 is 1. The summed E-state index contributed by atoms with van der Waals surface area (Å²) >= 11 is 1.04. The van der Waals surface area contributed by atoms with E-state index in [0.29, 0.717) is 33.4 Å². The Bertz CT molecular complexity index is 1080. The molecular weight excluding hydrogens is 412 g/mol. The molecule has 1 saturated heterocycles. The standard InChI is InChI=1S/C20H16N2O7S/c1-26-15-6-11(2-4-13(15)27-9-18(23)24)7-17-19(25)22(20(21)30-17)12-3-5-14-16(8-12)29-10-28-14/h2-8,21H,9-10H2,1H3,(H,23,24)/b17-7-,21-20?. The second kappa shape index (κ2) is 7.99. The third-order valence-electron chi connectivity index (χ3n) is 4.27. The summed E-state index contributed by atoms with van der Waals surface area (Å²) < 4.78 is 21.1. The van der Waals surface area contributed by atoms with E-state index in [4.69, 9.17) is 29.5 Å². The number of hydrogen-bond acceptors (Lipinski definition) is 8. The zero-order valence-electron chi connectivity index (χ0n) is 15.7. The fourth-order valence-electron chi connectivity index (χ4n) is 2.93. The SMILES string of the molecule is COc1cc(/C=C2\SC(=N)N(c3ccc4c(c3)OCO4)C2=O)ccc1OCC(=O)O. The van der Waals surface area contributed by atoms with Gasteiger partial charge in [-0.2, -0.15) is 0 Å². The van der Waals surface area contributed by atoms with E-state index in [9.17, 15) is 9.59 Å². The number of hydrogen-bond donors (Lipinski definition) is 2. The van der Waals surface area contributed by atoms with Crippen LogP contribution in [0.2, 0.25) is 0 Å². The zero-order valence-corrected chi connectivity index (χ0v) is 16.5. The van der Waals surface area contributed by atoms with Crippen molar-refractivity contribution in [3.05, 3.63) is 46.9 Å². The monoisotopic (exact) mass is 428 g/mol. The number of rotatable bonds is 6. The molecule has 2 aromatic carbocycles. The lowest BCUT2D eigenvalue weighted by Crippen LogP contribution is -2.28. The summed E-state index contributed by atoms with van der Waals surface area (Å²) in [5.74, 6) is 0.299. The minimum Gasteiger partial charge on any atom is -0.493 e. The molecule has 2 aromatic rings. The first-order valence-corrected chi connectivity index (χ1v) is 9.53. The summed E-state index contributed by atoms with van der Waals surface area (Å²) in [4.78, 5) is 25.3. The topological polar surface area (TPSA) is 118 Å². The molecule has 154 valence electrons. The van der Waals surface area contributed by atoms with E-state index in [1.807, 2.05) is 0 Å². The van der Waals surface area contributed by atoms with Gasteiger partial charge >= 0.3 is 5.97 Å². The van der Waals surface area contributed by atoms with Gasteiger partial charge in [-0.15, -0.1) is 0 Å². The van der Waals surface area contributed by atoms with Gasteiger partial charge in [0, 0.05) is 6.07 Å². The predicted molar refractivity (Wildman–Crippen MR) is 109 cm³/mol. The molecule has 0 unspecified atom stereocenters. The van der Waals surface area contributed by atoms with Gasteiger partial charge in [-0.1, -0.05) is 6.07 Å². The van der Waals surface area contributed by atoms with Crippen molar-refractivity contribution in [2.24, 2.45) is 0 Å². The maximum absolute atomic E-state index is 12.9. The number of benzene rings is 2. The van der Waals surface area contributed by atoms with Gasteiger partial charge in [0.2, 0.25) is 6.79 Å². The molecule has 0 aliphatic carbocycles. The first kappa shape index (κ1) is 19.6. The normalized spacial score (nSPS) is 16.3. The number of nitrogens with zero attached hydrogens (tertiary/aromatic N) is 1. The molecule has 0 bridgehead atoms. The molecule has 2 heterocycles. The molecule has 2 N–H and O–H groups in total. The Morgan fingerprint density at radius 1 is 1.23 bits per heavy atom. The van der Waals surface area contributed by atoms with E-state index in [-0.39, 0.29) is 23.6 Å². The highest BCUT2D eigenvalue weighted by atomic mass is 32.2. The smallest absolute Gasteiger partial charge is 0.341 e. The minimum absolute atomic E-state index is 0.0680. The molecule has 0 aromatic heterocycles. The quantitative estimate of drug-likeness (QED) is 0.674. The number of ether oxygens (including phenoxy) is 4. The van der Waals surface area contributed by atoms with Gasteiger partial charge in [0.15, 0.2) is 34.8 Å². The van der Waals surface area contributed by atoms with Gasteiger partial charge < -0.3 is 24.1 Å². The molecule has 10 heteroatoms. The molecule has 0 spiro atoms. The number of nitrogens with one attached hydrogen (secondary N) is 1. The number of amides is 1. The van der Waals surface area contributed by atoms with Crippen LogP contribution in [0.25, 0.3) is 6.08 Å². The van der Waals surface area contributed by atoms with Crippen molar-refractivity contribution in [3.8, 4) is 23.0 Å². The lowest BCUT2D eigenvalue weighted by molar-refractivity contribution is -0.139. The van der Waals surface area contributed by atoms with Crippen LogP contribution in [0, 0.1) is 5.41 Å². The fraction of sp³-hybridized carbons (Fsp3) is 0.150. The highest BCUT2D eigenvalue weighted by Gasteiger charge is 2.34. The number of fused-ring (bicyclic) bond motifs is 1. The second-order valence-corrected chi connectivity index (χ2v) is 7.22. The molecule has 0 radical (unpaired) electrons. The molecule has 4 rings (SSSR count). The largest absolute Gasteiger partial charge is 0.493 e. The number of amidine groups is 1. The van der Waals surface area contributed by atoms with Gasteiger partial charge in [0.05, 0.1) is 17.7 Å². The maximum Gasteiger partial charge on any atom is 0.341 e. The van der Waals surface area contributed by atoms with Crippen LogP contribution in [0.1, 0.15) is 5.56 Å². The highest BCUT2D eigenvalue weighted by molar-refractivity contribution is 8.19. The van der Waals surface area contributed by atoms with Crippen LogP contribution in [-0.4, -0.2) is 42.7 Å². The lowest BCUT2D eigenvalue weighted by Gasteiger charge is -2.14. The average molecular weight is 428 g/mol. The molecular formula is C20H16N2O7S. The second-order valence-electron chi connectivity index (χ2n) is 6.19. The summed E-state index contributed by atoms with van der Waals surface area (Å²) in [6.45, 7) is -0.370. The molecule has 2 aliphatic rings. The summed E-state index contributed by atoms with van der Waals surface area (Å²) in [5, 5.41) is 17.0. The van der Waals surface area contributed by atoms with Gasteiger partial charge in [-0.05, 0) is 47.7 Å². The van der Waals surface area contributed by atoms with Gasteiger partial charge in [0.25, 0.3) is 5.91 Å². The van der Waals surface area contributed by atoms with Gasteiger partial charge in [0.1, 0.15) is 0 Å². The van der Waals surface area contributed by atoms with E-state index in [0.717, 1.165) is 11.8 Å². The van der Waals surface area contributed by atoms with Crippen LogP contribution in [0.15, 0.2) is 41.3 Å². The molecule has 0 saturated carbocycles. The van der Waals surface area contributed by atoms with Crippen LogP contribution in [0.4, 0.5) is 5.69 Å². The van der Waals surface area contributed by atoms with Gasteiger partial charge in [-0.25, -0.2) is 4.79 Å². The lowest BCUT2D eigenvalue weighted by atomic mass is 10.1. The van der Waals surface area contributed by atoms with E-state index >= 15 is 0 Å². The third-order valence-corrected chi connectivity index (χ3v) is 5.16. The van der Waals surface area contributed by atoms with Crippen molar-refractivity contribution in [2.45, 2.75) is 0 Å². The minimum atomic E-state index is -1.10. The maximum atomic E-state index is 12.9. The first-order valence-electron chi connectivity index (χ1n) is 8.71. The van der Waals surface area contributed by atoms with Crippen LogP contribution >= 0.6 is 11.8 Å². The molecule has 1 amide bonds. The number of thioether (sulfide) groups is 1. The molecule has 0 atom stereocenters. The van der Waals surface area contributed by atoms with Crippen LogP contribution in [0.5, 0.6) is 23.0 Å². The summed E-state index contributed by atoms with van der Waals surface area (Å²) in [6.07, 6.45) is 1.64. The van der Waals surface area contributed by atoms with Crippen molar-refractivity contribution in [1.82, 2.24) is 0 Å². The van der Waals surface area contributed by atoms with E-state index in [1.165, 1.54) is 12.0 Å². The Kier molecular flexibility index (Phi) is 5.23. The fourth-order valence-corrected chi connectivity index (χ4v) is 3.79. The molecule has 9 nitrogen and oxygen atoms in total. The summed E-state index contributed by atoms with van der Waals surface area (Å²) in [6, 6.07) is 9.93. The van der Waals surface area contributed by atoms with Crippen molar-refractivity contribution >= 4 is 40.6 Å². The van der Waals surface area contributed by atoms with Crippen LogP contribution in [-0.2, 0) is 9.59 Å². The number of carbonyl (C=O) groups is 2. The Hall–Kier alpha value is -3.66. The Labute approximate surface area is 175 Å². The number of carbonyl (C=O) groups excluding carboxylic acids is 1. The van der Waals surface area contributed by atoms with Crippen molar-refractivity contribution in [1.29, 1.82) is 5.41 Å². The van der Waals surface area contributed by atoms with Crippen molar-refractivity contribution in [2.75, 3.05) is 25.4 Å². The average Bonchev–Trinajstić information content (AvgIpc) is 3.30. The van der Waals surface area contributed by atoms with E-state index < -0.39 is 12.6 Å². The zero-order chi connectivity index (χ0) is 21.3. The number of anilines is 1. The molecule has 2 aliphatic heterocycles. The number of carboxylic acids is 1. The Balaban J connectivity index is 1.58. The van der Waals surface area contributed by atoms with Crippen molar-refractivity contribution < 1.29 is 33.6 Å². The van der Waals surface area contributed by atoms with Crippen LogP contribution < -0.4 is 23.8 Å². The summed E-state index contributed by atoms with van der Waals surface area (Å²) in [5.41, 5.74) is 1.16. The van der Waals surface area contributed by atoms with Crippen LogP contribution in [0.3, 0.4) is 0 Å². The van der Waals surface area contributed by atoms with E-state index in [1.54, 1.807) is 42.5 Å². The number of aliphatic carboxylic acids is 1. The Morgan fingerprint density at radius 3 is 2.80 bits per heavy atom.